The summed E-state index contributed by atoms with van der Waals surface area (Å²) in [5.41, 5.74) is 6.66. The topological polar surface area (TPSA) is 77.0 Å². The van der Waals surface area contributed by atoms with Gasteiger partial charge in [0, 0.05) is 6.54 Å². The Hall–Kier alpha value is -2.04. The van der Waals surface area contributed by atoms with E-state index in [2.05, 4.69) is 17.1 Å². The van der Waals surface area contributed by atoms with E-state index >= 15 is 0 Å². The molecule has 0 aliphatic rings. The van der Waals surface area contributed by atoms with Crippen molar-refractivity contribution >= 4 is 5.69 Å². The molecule has 1 heterocycles. The lowest BCUT2D eigenvalue weighted by molar-refractivity contribution is 0.479. The molecule has 90 valence electrons. The van der Waals surface area contributed by atoms with Crippen molar-refractivity contribution in [3.63, 3.8) is 0 Å². The second kappa shape index (κ2) is 4.45. The number of aryl methyl sites for hydroxylation is 1. The highest BCUT2D eigenvalue weighted by Gasteiger charge is 2.15. The van der Waals surface area contributed by atoms with Gasteiger partial charge < -0.3 is 15.4 Å². The quantitative estimate of drug-likeness (QED) is 0.626. The Balaban J connectivity index is 2.56. The Bertz CT molecular complexity index is 533. The van der Waals surface area contributed by atoms with Gasteiger partial charge in [-0.05, 0) is 25.5 Å². The van der Waals surface area contributed by atoms with Gasteiger partial charge in [-0.3, -0.25) is 0 Å². The number of phenolic OH excluding ortho intramolecular Hbond substituents is 1. The van der Waals surface area contributed by atoms with Crippen LogP contribution in [0.2, 0.25) is 0 Å². The van der Waals surface area contributed by atoms with Gasteiger partial charge in [-0.1, -0.05) is 13.0 Å². The lowest BCUT2D eigenvalue weighted by Gasteiger charge is -2.09. The largest absolute Gasteiger partial charge is 0.505 e. The van der Waals surface area contributed by atoms with Gasteiger partial charge in [-0.15, -0.1) is 10.2 Å². The van der Waals surface area contributed by atoms with Gasteiger partial charge in [0.05, 0.1) is 11.3 Å². The van der Waals surface area contributed by atoms with Crippen LogP contribution in [-0.4, -0.2) is 19.9 Å². The Morgan fingerprint density at radius 1 is 1.35 bits per heavy atom. The van der Waals surface area contributed by atoms with Crippen molar-refractivity contribution in [2.45, 2.75) is 26.8 Å². The molecule has 0 aliphatic carbocycles. The fourth-order valence-electron chi connectivity index (χ4n) is 1.81. The van der Waals surface area contributed by atoms with Crippen molar-refractivity contribution in [2.75, 3.05) is 5.73 Å². The molecule has 2 aromatic rings. The van der Waals surface area contributed by atoms with Gasteiger partial charge in [0.15, 0.2) is 5.82 Å². The summed E-state index contributed by atoms with van der Waals surface area (Å²) in [7, 11) is 0. The maximum Gasteiger partial charge on any atom is 0.167 e. The number of para-hydroxylation sites is 1. The van der Waals surface area contributed by atoms with E-state index in [1.807, 2.05) is 11.5 Å². The fraction of sp³-hybridized carbons (Fsp3) is 0.333. The van der Waals surface area contributed by atoms with Crippen LogP contribution in [0.15, 0.2) is 18.2 Å². The molecular formula is C12H16N4O. The van der Waals surface area contributed by atoms with E-state index in [-0.39, 0.29) is 5.75 Å². The van der Waals surface area contributed by atoms with Crippen molar-refractivity contribution in [3.8, 4) is 17.1 Å². The van der Waals surface area contributed by atoms with E-state index in [9.17, 15) is 5.11 Å². The van der Waals surface area contributed by atoms with Crippen LogP contribution in [0.1, 0.15) is 19.2 Å². The predicted molar refractivity (Wildman–Crippen MR) is 66.6 cm³/mol. The molecule has 0 aliphatic heterocycles. The summed E-state index contributed by atoms with van der Waals surface area (Å²) in [6.07, 6.45) is 0.981. The molecule has 1 aromatic carbocycles. The number of anilines is 1. The maximum absolute atomic E-state index is 9.95. The third-order valence-electron chi connectivity index (χ3n) is 2.69. The molecule has 0 saturated carbocycles. The van der Waals surface area contributed by atoms with Crippen molar-refractivity contribution in [1.29, 1.82) is 0 Å². The van der Waals surface area contributed by atoms with Crippen molar-refractivity contribution in [2.24, 2.45) is 0 Å². The number of benzene rings is 1. The van der Waals surface area contributed by atoms with Gasteiger partial charge in [0.2, 0.25) is 0 Å². The average Bonchev–Trinajstić information content (AvgIpc) is 2.66. The molecule has 5 heteroatoms. The number of aromatic nitrogens is 3. The summed E-state index contributed by atoms with van der Waals surface area (Å²) in [5.74, 6) is 1.56. The van der Waals surface area contributed by atoms with Crippen LogP contribution in [-0.2, 0) is 6.54 Å². The number of hydrogen-bond donors (Lipinski definition) is 2. The molecule has 3 N–H and O–H groups in total. The highest BCUT2D eigenvalue weighted by Crippen LogP contribution is 2.32. The summed E-state index contributed by atoms with van der Waals surface area (Å²) in [6.45, 7) is 4.81. The minimum absolute atomic E-state index is 0.0669. The number of hydrogen-bond acceptors (Lipinski definition) is 4. The van der Waals surface area contributed by atoms with E-state index in [0.29, 0.717) is 17.1 Å². The van der Waals surface area contributed by atoms with Crippen LogP contribution < -0.4 is 5.73 Å². The Kier molecular flexibility index (Phi) is 2.99. The van der Waals surface area contributed by atoms with Crippen molar-refractivity contribution < 1.29 is 5.11 Å². The third kappa shape index (κ3) is 1.95. The first kappa shape index (κ1) is 11.4. The van der Waals surface area contributed by atoms with E-state index < -0.39 is 0 Å². The summed E-state index contributed by atoms with van der Waals surface area (Å²) in [4.78, 5) is 0. The Morgan fingerprint density at radius 2 is 2.12 bits per heavy atom. The first-order valence-electron chi connectivity index (χ1n) is 5.62. The van der Waals surface area contributed by atoms with Crippen LogP contribution in [0, 0.1) is 6.92 Å². The van der Waals surface area contributed by atoms with E-state index in [1.165, 1.54) is 0 Å². The summed E-state index contributed by atoms with van der Waals surface area (Å²) < 4.78 is 1.98. The molecule has 0 amide bonds. The molecule has 1 aromatic heterocycles. The zero-order valence-electron chi connectivity index (χ0n) is 10.0. The molecule has 2 rings (SSSR count). The van der Waals surface area contributed by atoms with Gasteiger partial charge in [-0.2, -0.15) is 0 Å². The highest BCUT2D eigenvalue weighted by atomic mass is 16.3. The van der Waals surface area contributed by atoms with Crippen molar-refractivity contribution in [1.82, 2.24) is 14.8 Å². The minimum atomic E-state index is 0.0669. The SMILES string of the molecule is CCCn1c(C)nnc1-c1cccc(N)c1O. The highest BCUT2D eigenvalue weighted by molar-refractivity contribution is 5.72. The van der Waals surface area contributed by atoms with E-state index in [1.54, 1.807) is 18.2 Å². The molecule has 17 heavy (non-hydrogen) atoms. The lowest BCUT2D eigenvalue weighted by Crippen LogP contribution is -2.02. The first-order valence-corrected chi connectivity index (χ1v) is 5.62. The van der Waals surface area contributed by atoms with Crippen molar-refractivity contribution in [3.05, 3.63) is 24.0 Å². The summed E-state index contributed by atoms with van der Waals surface area (Å²) >= 11 is 0. The van der Waals surface area contributed by atoms with Crippen LogP contribution in [0.4, 0.5) is 5.69 Å². The third-order valence-corrected chi connectivity index (χ3v) is 2.69. The second-order valence-corrected chi connectivity index (χ2v) is 3.97. The minimum Gasteiger partial charge on any atom is -0.505 e. The fourth-order valence-corrected chi connectivity index (χ4v) is 1.81. The molecule has 0 radical (unpaired) electrons. The standard InChI is InChI=1S/C12H16N4O/c1-3-7-16-8(2)14-15-12(16)9-5-4-6-10(13)11(9)17/h4-6,17H,3,7,13H2,1-2H3. The second-order valence-electron chi connectivity index (χ2n) is 3.97. The van der Waals surface area contributed by atoms with Gasteiger partial charge >= 0.3 is 0 Å². The van der Waals surface area contributed by atoms with Gasteiger partial charge in [0.1, 0.15) is 11.6 Å². The lowest BCUT2D eigenvalue weighted by atomic mass is 10.1. The Morgan fingerprint density at radius 3 is 2.82 bits per heavy atom. The zero-order chi connectivity index (χ0) is 12.4. The molecule has 0 bridgehead atoms. The maximum atomic E-state index is 9.95. The number of phenols is 1. The molecule has 0 fully saturated rings. The predicted octanol–water partition coefficient (Wildman–Crippen LogP) is 1.95. The normalized spacial score (nSPS) is 10.7. The monoisotopic (exact) mass is 232 g/mol. The summed E-state index contributed by atoms with van der Waals surface area (Å²) in [5, 5.41) is 18.1. The number of nitrogens with zero attached hydrogens (tertiary/aromatic N) is 3. The van der Waals surface area contributed by atoms with Crippen LogP contribution in [0.3, 0.4) is 0 Å². The number of aromatic hydroxyl groups is 1. The van der Waals surface area contributed by atoms with E-state index in [0.717, 1.165) is 18.8 Å². The number of nitrogen functional groups attached to an aromatic ring is 1. The van der Waals surface area contributed by atoms with Gasteiger partial charge in [0.25, 0.3) is 0 Å². The van der Waals surface area contributed by atoms with Crippen LogP contribution in [0.25, 0.3) is 11.4 Å². The summed E-state index contributed by atoms with van der Waals surface area (Å²) in [6, 6.07) is 5.25. The van der Waals surface area contributed by atoms with Gasteiger partial charge in [-0.25, -0.2) is 0 Å². The molecule has 0 saturated heterocycles. The number of nitrogens with two attached hydrogens (primary N) is 1. The molecule has 0 spiro atoms. The van der Waals surface area contributed by atoms with Crippen LogP contribution in [0.5, 0.6) is 5.75 Å². The van der Waals surface area contributed by atoms with E-state index in [4.69, 9.17) is 5.73 Å². The Labute approximate surface area is 99.9 Å². The molecule has 5 nitrogen and oxygen atoms in total. The number of rotatable bonds is 3. The average molecular weight is 232 g/mol. The zero-order valence-corrected chi connectivity index (χ0v) is 10.0. The first-order chi connectivity index (χ1) is 8.15. The smallest absolute Gasteiger partial charge is 0.167 e. The van der Waals surface area contributed by atoms with Crippen LogP contribution >= 0.6 is 0 Å². The molecular weight excluding hydrogens is 216 g/mol. The molecule has 0 atom stereocenters. The molecule has 0 unspecified atom stereocenters.